The normalized spacial score (nSPS) is 23.8. The number of alkyl halides is 3. The lowest BCUT2D eigenvalue weighted by Gasteiger charge is -2.25. The Bertz CT molecular complexity index is 434. The van der Waals surface area contributed by atoms with Gasteiger partial charge in [-0.15, -0.1) is 11.8 Å². The van der Waals surface area contributed by atoms with Gasteiger partial charge in [-0.3, -0.25) is 0 Å². The van der Waals surface area contributed by atoms with Gasteiger partial charge in [0.1, 0.15) is 0 Å². The van der Waals surface area contributed by atoms with Crippen LogP contribution in [0.4, 0.5) is 13.2 Å². The van der Waals surface area contributed by atoms with Crippen molar-refractivity contribution < 1.29 is 13.2 Å². The van der Waals surface area contributed by atoms with Crippen LogP contribution in [0.1, 0.15) is 44.6 Å². The molecule has 1 aliphatic carbocycles. The molecule has 6 heteroatoms. The summed E-state index contributed by atoms with van der Waals surface area (Å²) >= 11 is 1.60. The third kappa shape index (κ3) is 4.88. The van der Waals surface area contributed by atoms with Crippen LogP contribution in [0.2, 0.25) is 0 Å². The van der Waals surface area contributed by atoms with Crippen LogP contribution in [-0.2, 0) is 6.18 Å². The average molecular weight is 318 g/mol. The van der Waals surface area contributed by atoms with Gasteiger partial charge in [0, 0.05) is 17.5 Å². The highest BCUT2D eigenvalue weighted by Gasteiger charge is 2.31. The van der Waals surface area contributed by atoms with E-state index >= 15 is 0 Å². The molecule has 0 saturated heterocycles. The lowest BCUT2D eigenvalue weighted by atomic mass is 10.1. The summed E-state index contributed by atoms with van der Waals surface area (Å²) in [5.41, 5.74) is -0.684. The monoisotopic (exact) mass is 318 g/mol. The van der Waals surface area contributed by atoms with Crippen molar-refractivity contribution in [2.75, 3.05) is 6.54 Å². The van der Waals surface area contributed by atoms with E-state index in [-0.39, 0.29) is 0 Å². The molecule has 1 aromatic rings. The van der Waals surface area contributed by atoms with Gasteiger partial charge >= 0.3 is 6.18 Å². The topological polar surface area (TPSA) is 24.9 Å². The van der Waals surface area contributed by atoms with Crippen LogP contribution in [0.15, 0.2) is 23.4 Å². The molecular formula is C15H21F3N2S. The second kappa shape index (κ2) is 7.49. The first kappa shape index (κ1) is 16.6. The number of thioether (sulfide) groups is 1. The minimum Gasteiger partial charge on any atom is -0.313 e. The second-order valence-corrected chi connectivity index (χ2v) is 6.60. The van der Waals surface area contributed by atoms with Crippen molar-refractivity contribution in [3.63, 3.8) is 0 Å². The number of aromatic nitrogens is 1. The van der Waals surface area contributed by atoms with Gasteiger partial charge in [0.15, 0.2) is 0 Å². The molecule has 1 saturated carbocycles. The van der Waals surface area contributed by atoms with Gasteiger partial charge in [-0.05, 0) is 31.5 Å². The van der Waals surface area contributed by atoms with Crippen molar-refractivity contribution in [2.24, 2.45) is 0 Å². The molecule has 1 aromatic heterocycles. The van der Waals surface area contributed by atoms with E-state index in [1.807, 2.05) is 0 Å². The third-order valence-electron chi connectivity index (χ3n) is 3.75. The minimum atomic E-state index is -4.31. The van der Waals surface area contributed by atoms with Gasteiger partial charge in [-0.25, -0.2) is 4.98 Å². The minimum absolute atomic E-state index is 0.386. The number of nitrogens with zero attached hydrogens (tertiary/aromatic N) is 1. The molecule has 0 amide bonds. The van der Waals surface area contributed by atoms with E-state index in [0.29, 0.717) is 16.3 Å². The Labute approximate surface area is 127 Å². The number of pyridine rings is 1. The van der Waals surface area contributed by atoms with E-state index in [9.17, 15) is 13.2 Å². The summed E-state index contributed by atoms with van der Waals surface area (Å²) in [6.45, 7) is 3.01. The highest BCUT2D eigenvalue weighted by atomic mass is 32.2. The van der Waals surface area contributed by atoms with Gasteiger partial charge < -0.3 is 5.32 Å². The van der Waals surface area contributed by atoms with E-state index in [2.05, 4.69) is 17.2 Å². The molecule has 1 N–H and O–H groups in total. The fourth-order valence-electron chi connectivity index (χ4n) is 2.68. The van der Waals surface area contributed by atoms with Crippen molar-refractivity contribution in [2.45, 2.75) is 61.5 Å². The molecule has 2 unspecified atom stereocenters. The van der Waals surface area contributed by atoms with Crippen molar-refractivity contribution in [3.05, 3.63) is 23.9 Å². The largest absolute Gasteiger partial charge is 0.417 e. The lowest BCUT2D eigenvalue weighted by molar-refractivity contribution is -0.137. The number of nitrogens with one attached hydrogen (secondary N) is 1. The average Bonchev–Trinajstić information content (AvgIpc) is 2.65. The van der Waals surface area contributed by atoms with Crippen molar-refractivity contribution in [3.8, 4) is 0 Å². The fourth-order valence-corrected chi connectivity index (χ4v) is 3.93. The van der Waals surface area contributed by atoms with Crippen molar-refractivity contribution in [1.29, 1.82) is 0 Å². The molecule has 0 bridgehead atoms. The molecule has 2 rings (SSSR count). The zero-order valence-corrected chi connectivity index (χ0v) is 12.9. The van der Waals surface area contributed by atoms with Crippen molar-refractivity contribution in [1.82, 2.24) is 10.3 Å². The Morgan fingerprint density at radius 3 is 2.62 bits per heavy atom. The quantitative estimate of drug-likeness (QED) is 0.827. The predicted molar refractivity (Wildman–Crippen MR) is 79.4 cm³/mol. The standard InChI is InChI=1S/C15H21F3N2S/c1-2-19-12-6-4-3-5-7-13(12)21-14-9-8-11(10-20-14)15(16,17)18/h8-10,12-13,19H,2-7H2,1H3. The molecule has 0 spiro atoms. The van der Waals surface area contributed by atoms with E-state index < -0.39 is 11.7 Å². The van der Waals surface area contributed by atoms with E-state index in [4.69, 9.17) is 0 Å². The van der Waals surface area contributed by atoms with Gasteiger partial charge in [-0.2, -0.15) is 13.2 Å². The molecule has 1 fully saturated rings. The molecule has 0 radical (unpaired) electrons. The molecule has 1 aliphatic rings. The van der Waals surface area contributed by atoms with Gasteiger partial charge in [0.2, 0.25) is 0 Å². The summed E-state index contributed by atoms with van der Waals surface area (Å²) in [4.78, 5) is 3.98. The zero-order valence-electron chi connectivity index (χ0n) is 12.1. The molecule has 0 aliphatic heterocycles. The first-order chi connectivity index (χ1) is 10.0. The van der Waals surface area contributed by atoms with Crippen LogP contribution in [-0.4, -0.2) is 22.8 Å². The maximum atomic E-state index is 12.5. The van der Waals surface area contributed by atoms with Gasteiger partial charge in [0.05, 0.1) is 10.6 Å². The lowest BCUT2D eigenvalue weighted by Crippen LogP contribution is -2.37. The van der Waals surface area contributed by atoms with Crippen molar-refractivity contribution >= 4 is 11.8 Å². The molecule has 0 aromatic carbocycles. The maximum Gasteiger partial charge on any atom is 0.417 e. The van der Waals surface area contributed by atoms with Gasteiger partial charge in [-0.1, -0.05) is 26.2 Å². The van der Waals surface area contributed by atoms with Crippen LogP contribution in [0, 0.1) is 0 Å². The highest BCUT2D eigenvalue weighted by molar-refractivity contribution is 7.99. The molecule has 1 heterocycles. The van der Waals surface area contributed by atoms with Gasteiger partial charge in [0.25, 0.3) is 0 Å². The second-order valence-electron chi connectivity index (χ2n) is 5.34. The smallest absolute Gasteiger partial charge is 0.313 e. The predicted octanol–water partition coefficient (Wildman–Crippen LogP) is 4.50. The first-order valence-corrected chi connectivity index (χ1v) is 8.32. The zero-order chi connectivity index (χ0) is 15.3. The number of hydrogen-bond acceptors (Lipinski definition) is 3. The summed E-state index contributed by atoms with van der Waals surface area (Å²) in [6, 6.07) is 3.03. The summed E-state index contributed by atoms with van der Waals surface area (Å²) in [5, 5.41) is 4.57. The highest BCUT2D eigenvalue weighted by Crippen LogP contribution is 2.34. The third-order valence-corrected chi connectivity index (χ3v) is 5.10. The van der Waals surface area contributed by atoms with Crippen LogP contribution < -0.4 is 5.32 Å². The Hall–Kier alpha value is -0.750. The number of hydrogen-bond donors (Lipinski definition) is 1. The summed E-state index contributed by atoms with van der Waals surface area (Å²) in [5.74, 6) is 0. The fraction of sp³-hybridized carbons (Fsp3) is 0.667. The molecule has 2 nitrogen and oxygen atoms in total. The summed E-state index contributed by atoms with van der Waals surface area (Å²) < 4.78 is 37.6. The molecule has 2 atom stereocenters. The van der Waals surface area contributed by atoms with E-state index in [1.54, 1.807) is 11.8 Å². The Balaban J connectivity index is 2.04. The molecule has 118 valence electrons. The number of halogens is 3. The molecular weight excluding hydrogens is 297 g/mol. The maximum absolute atomic E-state index is 12.5. The first-order valence-electron chi connectivity index (χ1n) is 7.44. The van der Waals surface area contributed by atoms with Crippen LogP contribution >= 0.6 is 11.8 Å². The molecule has 21 heavy (non-hydrogen) atoms. The summed E-state index contributed by atoms with van der Waals surface area (Å²) in [6.07, 6.45) is 2.47. The number of rotatable bonds is 4. The van der Waals surface area contributed by atoms with Crippen LogP contribution in [0.25, 0.3) is 0 Å². The SMILES string of the molecule is CCNC1CCCCCC1Sc1ccc(C(F)(F)F)cn1. The summed E-state index contributed by atoms with van der Waals surface area (Å²) in [7, 11) is 0. The van der Waals surface area contributed by atoms with Crippen LogP contribution in [0.3, 0.4) is 0 Å². The van der Waals surface area contributed by atoms with E-state index in [0.717, 1.165) is 31.6 Å². The van der Waals surface area contributed by atoms with E-state index in [1.165, 1.54) is 25.3 Å². The Morgan fingerprint density at radius 1 is 1.24 bits per heavy atom. The van der Waals surface area contributed by atoms with Crippen LogP contribution in [0.5, 0.6) is 0 Å². The Kier molecular flexibility index (Phi) is 5.93. The Morgan fingerprint density at radius 2 is 2.00 bits per heavy atom.